The maximum absolute atomic E-state index is 11.1. The molecule has 0 bridgehead atoms. The van der Waals surface area contributed by atoms with Crippen LogP contribution in [0.2, 0.25) is 0 Å². The SMILES string of the molecule is CCOC(=O)C1=CC=C(C=O)C1. The highest BCUT2D eigenvalue weighted by atomic mass is 16.5. The lowest BCUT2D eigenvalue weighted by molar-refractivity contribution is -0.138. The van der Waals surface area contributed by atoms with Crippen molar-refractivity contribution in [2.45, 2.75) is 13.3 Å². The van der Waals surface area contributed by atoms with Crippen molar-refractivity contribution in [1.82, 2.24) is 0 Å². The zero-order valence-corrected chi connectivity index (χ0v) is 6.87. The van der Waals surface area contributed by atoms with E-state index in [9.17, 15) is 9.59 Å². The molecule has 1 aliphatic carbocycles. The molecule has 12 heavy (non-hydrogen) atoms. The summed E-state index contributed by atoms with van der Waals surface area (Å²) in [7, 11) is 0. The van der Waals surface area contributed by atoms with Crippen LogP contribution in [0.1, 0.15) is 13.3 Å². The van der Waals surface area contributed by atoms with E-state index in [0.717, 1.165) is 6.29 Å². The topological polar surface area (TPSA) is 43.4 Å². The van der Waals surface area contributed by atoms with Crippen molar-refractivity contribution in [1.29, 1.82) is 0 Å². The standard InChI is InChI=1S/C9H10O3/c1-2-12-9(11)8-4-3-7(5-8)6-10/h3-4,6H,2,5H2,1H3. The van der Waals surface area contributed by atoms with Crippen LogP contribution in [0.5, 0.6) is 0 Å². The van der Waals surface area contributed by atoms with Gasteiger partial charge in [0.1, 0.15) is 6.29 Å². The van der Waals surface area contributed by atoms with Crippen molar-refractivity contribution in [3.05, 3.63) is 23.3 Å². The fourth-order valence-corrected chi connectivity index (χ4v) is 0.990. The van der Waals surface area contributed by atoms with Gasteiger partial charge < -0.3 is 4.74 Å². The van der Waals surface area contributed by atoms with Crippen LogP contribution < -0.4 is 0 Å². The Morgan fingerprint density at radius 2 is 2.42 bits per heavy atom. The van der Waals surface area contributed by atoms with Gasteiger partial charge in [-0.15, -0.1) is 0 Å². The molecule has 0 aromatic carbocycles. The average Bonchev–Trinajstić information content (AvgIpc) is 2.52. The monoisotopic (exact) mass is 166 g/mol. The summed E-state index contributed by atoms with van der Waals surface area (Å²) in [5, 5.41) is 0. The molecule has 0 radical (unpaired) electrons. The van der Waals surface area contributed by atoms with E-state index in [1.165, 1.54) is 0 Å². The molecule has 0 unspecified atom stereocenters. The summed E-state index contributed by atoms with van der Waals surface area (Å²) < 4.78 is 4.76. The third kappa shape index (κ3) is 1.81. The number of rotatable bonds is 3. The molecule has 64 valence electrons. The molecule has 3 heteroatoms. The maximum atomic E-state index is 11.1. The second-order valence-corrected chi connectivity index (χ2v) is 2.45. The van der Waals surface area contributed by atoms with Crippen molar-refractivity contribution in [2.24, 2.45) is 0 Å². The third-order valence-electron chi connectivity index (χ3n) is 1.58. The Balaban J connectivity index is 2.50. The van der Waals surface area contributed by atoms with Crippen LogP contribution in [0.15, 0.2) is 23.3 Å². The summed E-state index contributed by atoms with van der Waals surface area (Å²) in [6, 6.07) is 0. The Hall–Kier alpha value is -1.38. The number of carbonyl (C=O) groups is 2. The lowest BCUT2D eigenvalue weighted by atomic mass is 10.2. The molecule has 1 aliphatic rings. The van der Waals surface area contributed by atoms with E-state index in [2.05, 4.69) is 0 Å². The minimum atomic E-state index is -0.328. The van der Waals surface area contributed by atoms with Gasteiger partial charge in [-0.05, 0) is 12.5 Å². The Morgan fingerprint density at radius 3 is 2.92 bits per heavy atom. The molecule has 0 saturated carbocycles. The van der Waals surface area contributed by atoms with E-state index in [4.69, 9.17) is 4.74 Å². The average molecular weight is 166 g/mol. The van der Waals surface area contributed by atoms with Gasteiger partial charge in [0.25, 0.3) is 0 Å². The molecule has 1 rings (SSSR count). The minimum Gasteiger partial charge on any atom is -0.463 e. The number of allylic oxidation sites excluding steroid dienone is 3. The van der Waals surface area contributed by atoms with E-state index in [-0.39, 0.29) is 5.97 Å². The van der Waals surface area contributed by atoms with Gasteiger partial charge in [-0.3, -0.25) is 4.79 Å². The molecule has 0 amide bonds. The van der Waals surface area contributed by atoms with E-state index in [1.807, 2.05) is 0 Å². The number of ether oxygens (including phenoxy) is 1. The van der Waals surface area contributed by atoms with Crippen LogP contribution in [0.3, 0.4) is 0 Å². The highest BCUT2D eigenvalue weighted by molar-refractivity contribution is 5.93. The Kier molecular flexibility index (Phi) is 2.80. The van der Waals surface area contributed by atoms with Crippen LogP contribution in [-0.2, 0) is 14.3 Å². The molecule has 0 aliphatic heterocycles. The van der Waals surface area contributed by atoms with Crippen LogP contribution >= 0.6 is 0 Å². The molecule has 0 atom stereocenters. The molecule has 0 saturated heterocycles. The summed E-state index contributed by atoms with van der Waals surface area (Å²) in [6.07, 6.45) is 4.42. The maximum Gasteiger partial charge on any atom is 0.334 e. The quantitative estimate of drug-likeness (QED) is 0.464. The Bertz CT molecular complexity index is 261. The van der Waals surface area contributed by atoms with Crippen molar-refractivity contribution < 1.29 is 14.3 Å². The molecule has 0 heterocycles. The van der Waals surface area contributed by atoms with Crippen LogP contribution in [0.25, 0.3) is 0 Å². The number of hydrogen-bond acceptors (Lipinski definition) is 3. The fraction of sp³-hybridized carbons (Fsp3) is 0.333. The second kappa shape index (κ2) is 3.85. The summed E-state index contributed by atoms with van der Waals surface area (Å²) in [5.41, 5.74) is 1.18. The summed E-state index contributed by atoms with van der Waals surface area (Å²) in [5.74, 6) is -0.328. The van der Waals surface area contributed by atoms with Crippen molar-refractivity contribution in [3.63, 3.8) is 0 Å². The number of esters is 1. The zero-order valence-electron chi connectivity index (χ0n) is 6.87. The molecule has 0 N–H and O–H groups in total. The summed E-state index contributed by atoms with van der Waals surface area (Å²) in [4.78, 5) is 21.3. The Labute approximate surface area is 70.7 Å². The predicted octanol–water partition coefficient (Wildman–Crippen LogP) is 1.00. The van der Waals surface area contributed by atoms with Gasteiger partial charge >= 0.3 is 5.97 Å². The van der Waals surface area contributed by atoms with Gasteiger partial charge in [-0.25, -0.2) is 4.79 Å². The molecule has 0 spiro atoms. The first-order valence-corrected chi connectivity index (χ1v) is 3.80. The van der Waals surface area contributed by atoms with E-state index in [1.54, 1.807) is 19.1 Å². The van der Waals surface area contributed by atoms with Gasteiger partial charge in [-0.1, -0.05) is 12.2 Å². The second-order valence-electron chi connectivity index (χ2n) is 2.45. The van der Waals surface area contributed by atoms with Crippen molar-refractivity contribution >= 4 is 12.3 Å². The van der Waals surface area contributed by atoms with Crippen molar-refractivity contribution in [3.8, 4) is 0 Å². The van der Waals surface area contributed by atoms with E-state index >= 15 is 0 Å². The Morgan fingerprint density at radius 1 is 1.67 bits per heavy atom. The molecular formula is C9H10O3. The highest BCUT2D eigenvalue weighted by Gasteiger charge is 2.15. The first kappa shape index (κ1) is 8.71. The van der Waals surface area contributed by atoms with Gasteiger partial charge in [0.2, 0.25) is 0 Å². The zero-order chi connectivity index (χ0) is 8.97. The van der Waals surface area contributed by atoms with Gasteiger partial charge in [0.15, 0.2) is 0 Å². The minimum absolute atomic E-state index is 0.328. The van der Waals surface area contributed by atoms with Crippen LogP contribution in [0, 0.1) is 0 Å². The summed E-state index contributed by atoms with van der Waals surface area (Å²) >= 11 is 0. The summed E-state index contributed by atoms with van der Waals surface area (Å²) in [6.45, 7) is 2.12. The molecule has 3 nitrogen and oxygen atoms in total. The normalized spacial score (nSPS) is 15.1. The fourth-order valence-electron chi connectivity index (χ4n) is 0.990. The van der Waals surface area contributed by atoms with Crippen LogP contribution in [-0.4, -0.2) is 18.9 Å². The van der Waals surface area contributed by atoms with Crippen molar-refractivity contribution in [2.75, 3.05) is 6.61 Å². The number of aldehydes is 1. The first-order valence-electron chi connectivity index (χ1n) is 3.80. The largest absolute Gasteiger partial charge is 0.463 e. The smallest absolute Gasteiger partial charge is 0.334 e. The highest BCUT2D eigenvalue weighted by Crippen LogP contribution is 2.17. The predicted molar refractivity (Wildman–Crippen MR) is 43.5 cm³/mol. The lowest BCUT2D eigenvalue weighted by Crippen LogP contribution is -2.06. The van der Waals surface area contributed by atoms with Gasteiger partial charge in [-0.2, -0.15) is 0 Å². The first-order chi connectivity index (χ1) is 5.77. The molecule has 0 aromatic heterocycles. The molecular weight excluding hydrogens is 156 g/mol. The lowest BCUT2D eigenvalue weighted by Gasteiger charge is -2.00. The van der Waals surface area contributed by atoms with E-state index < -0.39 is 0 Å². The molecule has 0 aromatic rings. The van der Waals surface area contributed by atoms with Crippen LogP contribution in [0.4, 0.5) is 0 Å². The third-order valence-corrected chi connectivity index (χ3v) is 1.58. The van der Waals surface area contributed by atoms with E-state index in [0.29, 0.717) is 24.2 Å². The number of carbonyl (C=O) groups excluding carboxylic acids is 2. The number of hydrogen-bond donors (Lipinski definition) is 0. The van der Waals surface area contributed by atoms with Gasteiger partial charge in [0.05, 0.1) is 6.61 Å². The van der Waals surface area contributed by atoms with Gasteiger partial charge in [0, 0.05) is 12.0 Å². The molecule has 0 fully saturated rings.